The number of anilines is 1. The van der Waals surface area contributed by atoms with Crippen molar-refractivity contribution in [1.82, 2.24) is 4.98 Å². The Kier molecular flexibility index (Phi) is 4.60. The molecule has 0 aliphatic carbocycles. The molecule has 27 heavy (non-hydrogen) atoms. The minimum absolute atomic E-state index is 0.207. The molecule has 1 aromatic heterocycles. The number of ether oxygens (including phenoxy) is 1. The van der Waals surface area contributed by atoms with Crippen molar-refractivity contribution in [2.75, 3.05) is 5.32 Å². The highest BCUT2D eigenvalue weighted by Crippen LogP contribution is 2.30. The molecule has 0 atom stereocenters. The summed E-state index contributed by atoms with van der Waals surface area (Å²) < 4.78 is 6.87. The predicted octanol–water partition coefficient (Wildman–Crippen LogP) is 5.96. The summed E-state index contributed by atoms with van der Waals surface area (Å²) in [6.07, 6.45) is 0. The first-order chi connectivity index (χ1) is 13.1. The van der Waals surface area contributed by atoms with Crippen LogP contribution in [-0.4, -0.2) is 10.9 Å². The summed E-state index contributed by atoms with van der Waals surface area (Å²) in [7, 11) is 0. The minimum atomic E-state index is -0.207. The fraction of sp³-hybridized carbons (Fsp3) is 0.0909. The van der Waals surface area contributed by atoms with Gasteiger partial charge in [0.2, 0.25) is 0 Å². The number of carbonyl (C=O) groups excluding carboxylic acids is 1. The van der Waals surface area contributed by atoms with Crippen molar-refractivity contribution in [3.63, 3.8) is 0 Å². The molecule has 5 heteroatoms. The zero-order valence-corrected chi connectivity index (χ0v) is 15.8. The van der Waals surface area contributed by atoms with E-state index in [4.69, 9.17) is 4.74 Å². The summed E-state index contributed by atoms with van der Waals surface area (Å²) >= 11 is 1.48. The van der Waals surface area contributed by atoms with Crippen molar-refractivity contribution in [3.05, 3.63) is 83.4 Å². The number of nitrogens with one attached hydrogen (secondary N) is 1. The Bertz CT molecular complexity index is 1120. The van der Waals surface area contributed by atoms with E-state index < -0.39 is 0 Å². The SMILES string of the molecule is Cc1ccc2sc(NC(=O)c3cccc(Oc4ccccc4)c3)nc2c1C. The first-order valence-electron chi connectivity index (χ1n) is 8.61. The summed E-state index contributed by atoms with van der Waals surface area (Å²) in [6, 6.07) is 20.7. The maximum absolute atomic E-state index is 12.6. The van der Waals surface area contributed by atoms with Gasteiger partial charge in [-0.1, -0.05) is 41.7 Å². The molecule has 3 aromatic carbocycles. The topological polar surface area (TPSA) is 51.2 Å². The van der Waals surface area contributed by atoms with E-state index in [0.29, 0.717) is 16.4 Å². The van der Waals surface area contributed by atoms with Gasteiger partial charge >= 0.3 is 0 Å². The van der Waals surface area contributed by atoms with Crippen LogP contribution in [0.4, 0.5) is 5.13 Å². The molecule has 1 heterocycles. The van der Waals surface area contributed by atoms with Crippen molar-refractivity contribution >= 4 is 32.6 Å². The molecule has 0 bridgehead atoms. The first-order valence-corrected chi connectivity index (χ1v) is 9.43. The second kappa shape index (κ2) is 7.21. The molecule has 4 aromatic rings. The fourth-order valence-corrected chi connectivity index (χ4v) is 3.69. The number of benzene rings is 3. The van der Waals surface area contributed by atoms with Crippen LogP contribution in [-0.2, 0) is 0 Å². The third-order valence-electron chi connectivity index (χ3n) is 4.38. The van der Waals surface area contributed by atoms with E-state index in [-0.39, 0.29) is 5.91 Å². The highest BCUT2D eigenvalue weighted by molar-refractivity contribution is 7.22. The van der Waals surface area contributed by atoms with E-state index in [0.717, 1.165) is 21.5 Å². The molecule has 0 saturated carbocycles. The van der Waals surface area contributed by atoms with Crippen LogP contribution in [0.1, 0.15) is 21.5 Å². The van der Waals surface area contributed by atoms with Crippen LogP contribution in [0.15, 0.2) is 66.7 Å². The molecular weight excluding hydrogens is 356 g/mol. The van der Waals surface area contributed by atoms with Gasteiger partial charge in [-0.15, -0.1) is 0 Å². The number of nitrogens with zero attached hydrogens (tertiary/aromatic N) is 1. The average molecular weight is 374 g/mol. The van der Waals surface area contributed by atoms with Crippen LogP contribution in [0.3, 0.4) is 0 Å². The van der Waals surface area contributed by atoms with Gasteiger partial charge in [-0.2, -0.15) is 0 Å². The zero-order chi connectivity index (χ0) is 18.8. The van der Waals surface area contributed by atoms with E-state index >= 15 is 0 Å². The summed E-state index contributed by atoms with van der Waals surface area (Å²) in [6.45, 7) is 4.11. The van der Waals surface area contributed by atoms with Gasteiger partial charge < -0.3 is 4.74 Å². The molecule has 134 valence electrons. The van der Waals surface area contributed by atoms with Crippen LogP contribution < -0.4 is 10.1 Å². The number of hydrogen-bond acceptors (Lipinski definition) is 4. The smallest absolute Gasteiger partial charge is 0.257 e. The van der Waals surface area contributed by atoms with Crippen molar-refractivity contribution in [2.45, 2.75) is 13.8 Å². The van der Waals surface area contributed by atoms with Crippen LogP contribution in [0, 0.1) is 13.8 Å². The number of aryl methyl sites for hydroxylation is 2. The molecule has 1 amide bonds. The van der Waals surface area contributed by atoms with E-state index in [2.05, 4.69) is 23.3 Å². The quantitative estimate of drug-likeness (QED) is 0.480. The number of thiazole rings is 1. The number of amides is 1. The van der Waals surface area contributed by atoms with Crippen molar-refractivity contribution in [2.24, 2.45) is 0 Å². The molecule has 4 rings (SSSR count). The van der Waals surface area contributed by atoms with E-state index in [1.54, 1.807) is 18.2 Å². The lowest BCUT2D eigenvalue weighted by molar-refractivity contribution is 0.102. The summed E-state index contributed by atoms with van der Waals surface area (Å²) in [5, 5.41) is 3.49. The van der Waals surface area contributed by atoms with Crippen molar-refractivity contribution in [1.29, 1.82) is 0 Å². The number of hydrogen-bond donors (Lipinski definition) is 1. The van der Waals surface area contributed by atoms with Crippen LogP contribution in [0.5, 0.6) is 11.5 Å². The van der Waals surface area contributed by atoms with E-state index in [1.807, 2.05) is 49.4 Å². The minimum Gasteiger partial charge on any atom is -0.457 e. The monoisotopic (exact) mass is 374 g/mol. The van der Waals surface area contributed by atoms with E-state index in [9.17, 15) is 4.79 Å². The maximum atomic E-state index is 12.6. The number of para-hydroxylation sites is 1. The second-order valence-corrected chi connectivity index (χ2v) is 7.30. The Morgan fingerprint density at radius 2 is 1.74 bits per heavy atom. The normalized spacial score (nSPS) is 10.7. The molecule has 4 nitrogen and oxygen atoms in total. The molecule has 0 radical (unpaired) electrons. The molecule has 0 unspecified atom stereocenters. The van der Waals surface area contributed by atoms with Gasteiger partial charge in [0.25, 0.3) is 5.91 Å². The Labute approximate surface area is 161 Å². The number of carbonyl (C=O) groups is 1. The highest BCUT2D eigenvalue weighted by atomic mass is 32.1. The van der Waals surface area contributed by atoms with Gasteiger partial charge in [-0.3, -0.25) is 10.1 Å². The summed E-state index contributed by atoms with van der Waals surface area (Å²) in [5.74, 6) is 1.14. The van der Waals surface area contributed by atoms with Gasteiger partial charge in [-0.25, -0.2) is 4.98 Å². The lowest BCUT2D eigenvalue weighted by Crippen LogP contribution is -2.11. The molecule has 0 saturated heterocycles. The summed E-state index contributed by atoms with van der Waals surface area (Å²) in [4.78, 5) is 17.2. The average Bonchev–Trinajstić information content (AvgIpc) is 3.09. The first kappa shape index (κ1) is 17.2. The third kappa shape index (κ3) is 3.68. The standard InChI is InChI=1S/C22H18N2O2S/c1-14-11-12-19-20(15(14)2)23-22(27-19)24-21(25)16-7-6-10-18(13-16)26-17-8-4-3-5-9-17/h3-13H,1-2H3,(H,23,24,25). The Balaban J connectivity index is 1.55. The Hall–Kier alpha value is -3.18. The highest BCUT2D eigenvalue weighted by Gasteiger charge is 2.12. The lowest BCUT2D eigenvalue weighted by Gasteiger charge is -2.07. The van der Waals surface area contributed by atoms with Crippen molar-refractivity contribution < 1.29 is 9.53 Å². The zero-order valence-electron chi connectivity index (χ0n) is 15.0. The number of fused-ring (bicyclic) bond motifs is 1. The molecule has 0 aliphatic heterocycles. The number of aromatic nitrogens is 1. The molecule has 0 aliphatic rings. The van der Waals surface area contributed by atoms with Crippen LogP contribution in [0.25, 0.3) is 10.2 Å². The molecule has 0 fully saturated rings. The van der Waals surface area contributed by atoms with E-state index in [1.165, 1.54) is 16.9 Å². The summed E-state index contributed by atoms with van der Waals surface area (Å²) in [5.41, 5.74) is 3.80. The fourth-order valence-electron chi connectivity index (χ4n) is 2.77. The van der Waals surface area contributed by atoms with Gasteiger partial charge in [0, 0.05) is 5.56 Å². The van der Waals surface area contributed by atoms with Gasteiger partial charge in [-0.05, 0) is 61.4 Å². The Morgan fingerprint density at radius 3 is 2.56 bits per heavy atom. The van der Waals surface area contributed by atoms with Gasteiger partial charge in [0.15, 0.2) is 5.13 Å². The predicted molar refractivity (Wildman–Crippen MR) is 110 cm³/mol. The van der Waals surface area contributed by atoms with Gasteiger partial charge in [0.1, 0.15) is 11.5 Å². The number of rotatable bonds is 4. The Morgan fingerprint density at radius 1 is 0.963 bits per heavy atom. The van der Waals surface area contributed by atoms with Crippen LogP contribution in [0.2, 0.25) is 0 Å². The molecular formula is C22H18N2O2S. The molecule has 0 spiro atoms. The maximum Gasteiger partial charge on any atom is 0.257 e. The third-order valence-corrected chi connectivity index (χ3v) is 5.32. The van der Waals surface area contributed by atoms with Gasteiger partial charge in [0.05, 0.1) is 10.2 Å². The van der Waals surface area contributed by atoms with Crippen LogP contribution >= 0.6 is 11.3 Å². The van der Waals surface area contributed by atoms with Crippen molar-refractivity contribution in [3.8, 4) is 11.5 Å². The molecule has 1 N–H and O–H groups in total. The second-order valence-electron chi connectivity index (χ2n) is 6.27. The lowest BCUT2D eigenvalue weighted by atomic mass is 10.1. The largest absolute Gasteiger partial charge is 0.457 e.